The number of rotatable bonds is 6. The molecule has 9 rings (SSSR count). The first-order valence-electron chi connectivity index (χ1n) is 22.7. The Kier molecular flexibility index (Phi) is 11.9. The molecule has 2 aliphatic carbocycles. The van der Waals surface area contributed by atoms with Crippen molar-refractivity contribution in [2.75, 3.05) is 50.5 Å². The number of aliphatic imine (C=N–C) groups is 1. The van der Waals surface area contributed by atoms with Crippen LogP contribution in [0.2, 0.25) is 0 Å². The number of amides is 4. The standard InChI is InChI=1S/C48H56F2N10O5/c1-28-5-4-18-65-44(52-3)34(24-51)38-21-31(19-29(2)53-38)42(62)56-46-54-37-8-6-30(20-39(37)60(46)25-28)26-58-14-16-59(17-15-58)45(64)47-10-12-48(27-47,13-11-47)57-32-22-35(49)41(36(50)23-32)33-7-9-40(61)55-43(33)63/h6,8,19-24,28,33,57H,4-5,7,9-18,25-27,51H2,1-3H3,(H,54,56,62)(H,55,61,63)/t28-,33-,47?,48?/m1/s1. The number of aromatic nitrogens is 3. The van der Waals surface area contributed by atoms with E-state index in [-0.39, 0.29) is 41.8 Å². The van der Waals surface area contributed by atoms with Crippen LogP contribution in [0, 0.1) is 29.9 Å². The molecule has 5 heterocycles. The summed E-state index contributed by atoms with van der Waals surface area (Å²) in [5.41, 5.74) is 9.87. The number of carbonyl (C=O) groups is 4. The van der Waals surface area contributed by atoms with E-state index in [1.54, 1.807) is 19.2 Å². The molecule has 15 nitrogen and oxygen atoms in total. The van der Waals surface area contributed by atoms with Gasteiger partial charge in [-0.15, -0.1) is 0 Å². The number of hydrogen-bond donors (Lipinski definition) is 4. The van der Waals surface area contributed by atoms with Crippen LogP contribution in [0.5, 0.6) is 0 Å². The molecular formula is C48H56F2N10O5. The minimum absolute atomic E-state index is 0.0240. The summed E-state index contributed by atoms with van der Waals surface area (Å²) in [6.45, 7) is 8.37. The van der Waals surface area contributed by atoms with Crippen molar-refractivity contribution in [2.45, 2.75) is 96.2 Å². The van der Waals surface area contributed by atoms with E-state index in [9.17, 15) is 19.2 Å². The Morgan fingerprint density at radius 3 is 2.46 bits per heavy atom. The number of nitrogens with one attached hydrogen (secondary N) is 3. The second kappa shape index (κ2) is 17.6. The third kappa shape index (κ3) is 8.69. The fourth-order valence-electron chi connectivity index (χ4n) is 10.8. The molecule has 4 amide bonds. The second-order valence-corrected chi connectivity index (χ2v) is 18.7. The zero-order valence-electron chi connectivity index (χ0n) is 37.1. The monoisotopic (exact) mass is 890 g/mol. The molecule has 2 atom stereocenters. The normalized spacial score (nSPS) is 26.7. The van der Waals surface area contributed by atoms with E-state index in [4.69, 9.17) is 15.5 Å². The van der Waals surface area contributed by atoms with Crippen LogP contribution in [-0.2, 0) is 32.2 Å². The molecule has 4 aromatic rings. The van der Waals surface area contributed by atoms with E-state index in [1.165, 1.54) is 18.3 Å². The molecule has 3 aliphatic heterocycles. The van der Waals surface area contributed by atoms with Gasteiger partial charge in [0.25, 0.3) is 5.91 Å². The Hall–Kier alpha value is -6.23. The van der Waals surface area contributed by atoms with Crippen molar-refractivity contribution < 1.29 is 32.7 Å². The number of nitrogens with two attached hydrogens (primary N) is 1. The number of piperazine rings is 1. The zero-order chi connectivity index (χ0) is 45.6. The quantitative estimate of drug-likeness (QED) is 0.167. The van der Waals surface area contributed by atoms with Crippen LogP contribution in [0.1, 0.15) is 104 Å². The molecule has 65 heavy (non-hydrogen) atoms. The van der Waals surface area contributed by atoms with Crippen LogP contribution in [0.15, 0.2) is 53.7 Å². The molecule has 2 aromatic carbocycles. The van der Waals surface area contributed by atoms with E-state index in [0.717, 1.165) is 29.4 Å². The maximum atomic E-state index is 15.4. The van der Waals surface area contributed by atoms with Crippen LogP contribution in [0.3, 0.4) is 0 Å². The number of carbonyl (C=O) groups excluding carboxylic acids is 4. The Balaban J connectivity index is 0.854. The van der Waals surface area contributed by atoms with Gasteiger partial charge >= 0.3 is 0 Å². The number of benzene rings is 2. The zero-order valence-corrected chi connectivity index (χ0v) is 37.1. The average molecular weight is 891 g/mol. The molecule has 2 saturated carbocycles. The summed E-state index contributed by atoms with van der Waals surface area (Å²) < 4.78 is 39.0. The number of anilines is 2. The van der Waals surface area contributed by atoms with Crippen molar-refractivity contribution in [1.82, 2.24) is 29.7 Å². The second-order valence-electron chi connectivity index (χ2n) is 18.7. The van der Waals surface area contributed by atoms with Crippen molar-refractivity contribution in [2.24, 2.45) is 22.1 Å². The third-order valence-corrected chi connectivity index (χ3v) is 14.1. The molecule has 342 valence electrons. The first-order chi connectivity index (χ1) is 31.3. The summed E-state index contributed by atoms with van der Waals surface area (Å²) in [4.78, 5) is 70.3. The molecule has 5 aliphatic rings. The highest BCUT2D eigenvalue weighted by atomic mass is 19.1. The molecule has 2 aromatic heterocycles. The van der Waals surface area contributed by atoms with Gasteiger partial charge in [0.1, 0.15) is 11.6 Å². The van der Waals surface area contributed by atoms with E-state index < -0.39 is 40.3 Å². The molecule has 0 unspecified atom stereocenters. The fourth-order valence-corrected chi connectivity index (χ4v) is 10.8. The lowest BCUT2D eigenvalue weighted by molar-refractivity contribution is -0.143. The molecule has 4 bridgehead atoms. The van der Waals surface area contributed by atoms with Crippen LogP contribution in [0.4, 0.5) is 20.4 Å². The number of imide groups is 1. The van der Waals surface area contributed by atoms with Gasteiger partial charge in [-0.1, -0.05) is 13.0 Å². The lowest BCUT2D eigenvalue weighted by atomic mass is 9.82. The lowest BCUT2D eigenvalue weighted by Gasteiger charge is -2.39. The highest BCUT2D eigenvalue weighted by Gasteiger charge is 2.59. The van der Waals surface area contributed by atoms with E-state index in [2.05, 4.69) is 54.5 Å². The highest BCUT2D eigenvalue weighted by Crippen LogP contribution is 2.58. The Morgan fingerprint density at radius 2 is 1.75 bits per heavy atom. The number of pyridine rings is 1. The Bertz CT molecular complexity index is 2600. The first-order valence-corrected chi connectivity index (χ1v) is 22.7. The van der Waals surface area contributed by atoms with Crippen LogP contribution < -0.4 is 21.7 Å². The predicted octanol–water partition coefficient (Wildman–Crippen LogP) is 6.02. The number of piperidine rings is 1. The van der Waals surface area contributed by atoms with Gasteiger partial charge in [-0.05, 0) is 106 Å². The highest BCUT2D eigenvalue weighted by molar-refractivity contribution is 6.19. The topological polar surface area (TPSA) is 189 Å². The summed E-state index contributed by atoms with van der Waals surface area (Å²) >= 11 is 0. The molecule has 4 fully saturated rings. The molecule has 2 saturated heterocycles. The van der Waals surface area contributed by atoms with Gasteiger partial charge < -0.3 is 25.3 Å². The van der Waals surface area contributed by atoms with Crippen LogP contribution >= 0.6 is 0 Å². The van der Waals surface area contributed by atoms with Gasteiger partial charge in [0.15, 0.2) is 0 Å². The van der Waals surface area contributed by atoms with E-state index >= 15 is 8.78 Å². The summed E-state index contributed by atoms with van der Waals surface area (Å²) in [6.07, 6.45) is 6.53. The summed E-state index contributed by atoms with van der Waals surface area (Å²) in [5.74, 6) is -2.96. The summed E-state index contributed by atoms with van der Waals surface area (Å²) in [6, 6.07) is 12.1. The fraction of sp³-hybridized carbons (Fsp3) is 0.479. The van der Waals surface area contributed by atoms with Crippen LogP contribution in [-0.4, -0.2) is 99.2 Å². The Labute approximate surface area is 376 Å². The van der Waals surface area contributed by atoms with E-state index in [1.807, 2.05) is 17.9 Å². The number of nitrogens with zero attached hydrogens (tertiary/aromatic N) is 6. The van der Waals surface area contributed by atoms with Crippen molar-refractivity contribution in [3.63, 3.8) is 0 Å². The number of imidazole rings is 1. The Morgan fingerprint density at radius 1 is 1.00 bits per heavy atom. The number of halogens is 2. The summed E-state index contributed by atoms with van der Waals surface area (Å²) in [5, 5.41) is 8.67. The third-order valence-electron chi connectivity index (χ3n) is 14.1. The molecule has 17 heteroatoms. The van der Waals surface area contributed by atoms with Gasteiger partial charge in [-0.2, -0.15) is 0 Å². The molecule has 0 spiro atoms. The predicted molar refractivity (Wildman–Crippen MR) is 242 cm³/mol. The number of fused-ring (bicyclic) bond motifs is 7. The van der Waals surface area contributed by atoms with Crippen molar-refractivity contribution in [3.8, 4) is 0 Å². The van der Waals surface area contributed by atoms with Gasteiger partial charge in [0.05, 0.1) is 40.2 Å². The van der Waals surface area contributed by atoms with Crippen molar-refractivity contribution in [3.05, 3.63) is 88.4 Å². The van der Waals surface area contributed by atoms with Crippen molar-refractivity contribution >= 4 is 57.8 Å². The first kappa shape index (κ1) is 44.0. The average Bonchev–Trinajstić information content (AvgIpc) is 3.94. The number of ether oxygens (including phenoxy) is 1. The van der Waals surface area contributed by atoms with Crippen LogP contribution in [0.25, 0.3) is 16.6 Å². The maximum Gasteiger partial charge on any atom is 0.258 e. The van der Waals surface area contributed by atoms with Gasteiger partial charge in [-0.3, -0.25) is 44.7 Å². The minimum Gasteiger partial charge on any atom is -0.477 e. The largest absolute Gasteiger partial charge is 0.477 e. The number of hydrogen-bond acceptors (Lipinski definition) is 11. The van der Waals surface area contributed by atoms with E-state index in [0.29, 0.717) is 112 Å². The summed E-state index contributed by atoms with van der Waals surface area (Å²) in [7, 11) is 1.64. The lowest BCUT2D eigenvalue weighted by Crippen LogP contribution is -2.52. The molecular weight excluding hydrogens is 835 g/mol. The molecule has 5 N–H and O–H groups in total. The van der Waals surface area contributed by atoms with Gasteiger partial charge in [0.2, 0.25) is 29.6 Å². The maximum absolute atomic E-state index is 15.4. The number of aryl methyl sites for hydroxylation is 1. The van der Waals surface area contributed by atoms with Gasteiger partial charge in [-0.25, -0.2) is 13.8 Å². The smallest absolute Gasteiger partial charge is 0.258 e. The minimum atomic E-state index is -1.06. The van der Waals surface area contributed by atoms with Crippen molar-refractivity contribution in [1.29, 1.82) is 0 Å². The SMILES string of the molecule is CN=C1OCCC[C@@H](C)Cn2c(nc3ccc(CN4CCN(C(=O)C56CCC(Nc7cc(F)c([C@H]8CCC(=O)NC8=O)c(F)c7)(CC5)C6)CC4)cc32)NC(=O)c2cc(C)nc(c2)C1=CN. The van der Waals surface area contributed by atoms with Gasteiger partial charge in [0, 0.05) is 87.0 Å². The molecule has 0 radical (unpaired) electrons.